The lowest BCUT2D eigenvalue weighted by molar-refractivity contribution is -0.106. The molecular formula is C18H34N2O3. The van der Waals surface area contributed by atoms with Gasteiger partial charge in [-0.25, -0.2) is 4.79 Å². The normalized spacial score (nSPS) is 30.8. The molecule has 0 spiro atoms. The molecule has 1 unspecified atom stereocenters. The van der Waals surface area contributed by atoms with Gasteiger partial charge in [-0.1, -0.05) is 13.8 Å². The second-order valence-electron chi connectivity index (χ2n) is 9.36. The highest BCUT2D eigenvalue weighted by atomic mass is 16.6. The quantitative estimate of drug-likeness (QED) is 0.776. The third-order valence-corrected chi connectivity index (χ3v) is 5.55. The molecule has 0 radical (unpaired) electrons. The molecule has 5 heteroatoms. The molecule has 1 saturated carbocycles. The summed E-state index contributed by atoms with van der Waals surface area (Å²) in [5.74, 6) is 0. The number of likely N-dealkylation sites (tertiary alicyclic amines) is 1. The van der Waals surface area contributed by atoms with Gasteiger partial charge in [-0.05, 0) is 64.7 Å². The summed E-state index contributed by atoms with van der Waals surface area (Å²) in [5.41, 5.74) is 4.79. The number of amides is 1. The summed E-state index contributed by atoms with van der Waals surface area (Å²) < 4.78 is 5.46. The van der Waals surface area contributed by atoms with E-state index in [0.717, 1.165) is 32.1 Å². The number of nitrogens with two attached hydrogens (primary N) is 1. The van der Waals surface area contributed by atoms with E-state index in [9.17, 15) is 9.90 Å². The number of nitrogens with zero attached hydrogens (tertiary/aromatic N) is 1. The van der Waals surface area contributed by atoms with Gasteiger partial charge in [-0.3, -0.25) is 0 Å². The van der Waals surface area contributed by atoms with Crippen LogP contribution in [0.25, 0.3) is 0 Å². The van der Waals surface area contributed by atoms with Crippen molar-refractivity contribution in [2.45, 2.75) is 89.9 Å². The molecule has 0 aromatic carbocycles. The minimum absolute atomic E-state index is 0.277. The molecule has 2 aliphatic rings. The fourth-order valence-electron chi connectivity index (χ4n) is 3.76. The lowest BCUT2D eigenvalue weighted by atomic mass is 9.62. The zero-order valence-electron chi connectivity index (χ0n) is 15.4. The number of β-amino-alcohol motifs (C(OH)–C–C–N with tert-alkyl or cyclic N) is 1. The standard InChI is InChI=1S/C18H34N2O3/c1-15(2,3)23-14(21)20-12-6-7-18(22,13-20)17(19)10-8-16(4,5)9-11-17/h22H,6-13,19H2,1-5H3. The monoisotopic (exact) mass is 326 g/mol. The summed E-state index contributed by atoms with van der Waals surface area (Å²) in [6.07, 6.45) is 4.70. The van der Waals surface area contributed by atoms with Gasteiger partial charge in [-0.15, -0.1) is 0 Å². The predicted octanol–water partition coefficient (Wildman–Crippen LogP) is 3.05. The minimum Gasteiger partial charge on any atom is -0.444 e. The van der Waals surface area contributed by atoms with Crippen LogP contribution in [0.5, 0.6) is 0 Å². The van der Waals surface area contributed by atoms with Gasteiger partial charge in [0.2, 0.25) is 0 Å². The Kier molecular flexibility index (Phi) is 4.77. The number of carbonyl (C=O) groups is 1. The van der Waals surface area contributed by atoms with Crippen molar-refractivity contribution in [3.05, 3.63) is 0 Å². The lowest BCUT2D eigenvalue weighted by Gasteiger charge is -2.53. The first kappa shape index (κ1) is 18.5. The van der Waals surface area contributed by atoms with Crippen LogP contribution in [-0.2, 0) is 4.74 Å². The van der Waals surface area contributed by atoms with Gasteiger partial charge in [-0.2, -0.15) is 0 Å². The fourth-order valence-corrected chi connectivity index (χ4v) is 3.76. The molecule has 3 N–H and O–H groups in total. The van der Waals surface area contributed by atoms with Crippen molar-refractivity contribution in [1.29, 1.82) is 0 Å². The predicted molar refractivity (Wildman–Crippen MR) is 91.2 cm³/mol. The molecule has 23 heavy (non-hydrogen) atoms. The van der Waals surface area contributed by atoms with E-state index in [2.05, 4.69) is 13.8 Å². The first-order chi connectivity index (χ1) is 10.4. The van der Waals surface area contributed by atoms with Gasteiger partial charge < -0.3 is 20.5 Å². The number of rotatable bonds is 1. The maximum absolute atomic E-state index is 12.3. The molecule has 0 aromatic heterocycles. The first-order valence-corrected chi connectivity index (χ1v) is 8.85. The van der Waals surface area contributed by atoms with Crippen LogP contribution in [-0.4, -0.2) is 45.9 Å². The molecule has 1 amide bonds. The lowest BCUT2D eigenvalue weighted by Crippen LogP contribution is -2.68. The van der Waals surface area contributed by atoms with Gasteiger partial charge in [0, 0.05) is 12.1 Å². The van der Waals surface area contributed by atoms with Crippen molar-refractivity contribution in [2.24, 2.45) is 11.1 Å². The zero-order valence-corrected chi connectivity index (χ0v) is 15.4. The van der Waals surface area contributed by atoms with E-state index in [1.165, 1.54) is 0 Å². The molecule has 2 fully saturated rings. The minimum atomic E-state index is -1.02. The third-order valence-electron chi connectivity index (χ3n) is 5.55. The highest BCUT2D eigenvalue weighted by Crippen LogP contribution is 2.46. The summed E-state index contributed by atoms with van der Waals surface area (Å²) in [6.45, 7) is 11.0. The third kappa shape index (κ3) is 4.18. The van der Waals surface area contributed by atoms with Crippen LogP contribution >= 0.6 is 0 Å². The number of aliphatic hydroxyl groups is 1. The van der Waals surface area contributed by atoms with Gasteiger partial charge >= 0.3 is 6.09 Å². The maximum atomic E-state index is 12.3. The van der Waals surface area contributed by atoms with Gasteiger partial charge in [0.15, 0.2) is 0 Å². The molecule has 0 aromatic rings. The zero-order chi connectivity index (χ0) is 17.5. The van der Waals surface area contributed by atoms with Crippen LogP contribution in [0.2, 0.25) is 0 Å². The summed E-state index contributed by atoms with van der Waals surface area (Å²) in [4.78, 5) is 14.0. The number of piperidine rings is 1. The van der Waals surface area contributed by atoms with Crippen LogP contribution < -0.4 is 5.73 Å². The van der Waals surface area contributed by atoms with Gasteiger partial charge in [0.1, 0.15) is 11.2 Å². The average molecular weight is 326 g/mol. The van der Waals surface area contributed by atoms with Crippen LogP contribution in [0.15, 0.2) is 0 Å². The molecule has 1 saturated heterocycles. The molecule has 1 aliphatic carbocycles. The van der Waals surface area contributed by atoms with Crippen LogP contribution in [0.4, 0.5) is 4.79 Å². The SMILES string of the molecule is CC1(C)CCC(N)(C2(O)CCCN(C(=O)OC(C)(C)C)C2)CC1. The van der Waals surface area contributed by atoms with Crippen LogP contribution in [0.1, 0.15) is 73.1 Å². The highest BCUT2D eigenvalue weighted by molar-refractivity contribution is 5.68. The van der Waals surface area contributed by atoms with Crippen molar-refractivity contribution in [3.8, 4) is 0 Å². The number of hydrogen-bond acceptors (Lipinski definition) is 4. The average Bonchev–Trinajstić information content (AvgIpc) is 2.40. The Balaban J connectivity index is 2.08. The second-order valence-corrected chi connectivity index (χ2v) is 9.36. The van der Waals surface area contributed by atoms with E-state index < -0.39 is 16.7 Å². The van der Waals surface area contributed by atoms with Crippen molar-refractivity contribution < 1.29 is 14.6 Å². The fraction of sp³-hybridized carbons (Fsp3) is 0.944. The summed E-state index contributed by atoms with van der Waals surface area (Å²) >= 11 is 0. The van der Waals surface area contributed by atoms with Crippen molar-refractivity contribution >= 4 is 6.09 Å². The highest BCUT2D eigenvalue weighted by Gasteiger charge is 2.52. The maximum Gasteiger partial charge on any atom is 0.410 e. The largest absolute Gasteiger partial charge is 0.444 e. The molecule has 134 valence electrons. The molecule has 1 heterocycles. The van der Waals surface area contributed by atoms with Crippen LogP contribution in [0, 0.1) is 5.41 Å². The Morgan fingerprint density at radius 1 is 1.13 bits per heavy atom. The molecule has 1 atom stereocenters. The van der Waals surface area contributed by atoms with E-state index in [4.69, 9.17) is 10.5 Å². The van der Waals surface area contributed by atoms with Gasteiger partial charge in [0.05, 0.1) is 6.54 Å². The molecule has 5 nitrogen and oxygen atoms in total. The number of ether oxygens (including phenoxy) is 1. The summed E-state index contributed by atoms with van der Waals surface area (Å²) in [6, 6.07) is 0. The van der Waals surface area contributed by atoms with Gasteiger partial charge in [0.25, 0.3) is 0 Å². The Morgan fingerprint density at radius 2 is 1.70 bits per heavy atom. The smallest absolute Gasteiger partial charge is 0.410 e. The molecular weight excluding hydrogens is 292 g/mol. The Labute approximate surface area is 140 Å². The molecule has 2 rings (SSSR count). The Hall–Kier alpha value is -0.810. The van der Waals surface area contributed by atoms with E-state index in [1.807, 2.05) is 20.8 Å². The first-order valence-electron chi connectivity index (χ1n) is 8.85. The number of hydrogen-bond donors (Lipinski definition) is 2. The number of carbonyl (C=O) groups excluding carboxylic acids is 1. The van der Waals surface area contributed by atoms with E-state index in [-0.39, 0.29) is 12.6 Å². The second kappa shape index (κ2) is 5.92. The molecule has 1 aliphatic heterocycles. The Bertz CT molecular complexity index is 446. The van der Waals surface area contributed by atoms with Crippen LogP contribution in [0.3, 0.4) is 0 Å². The van der Waals surface area contributed by atoms with E-state index in [0.29, 0.717) is 18.4 Å². The van der Waals surface area contributed by atoms with Crippen molar-refractivity contribution in [1.82, 2.24) is 4.90 Å². The van der Waals surface area contributed by atoms with Crippen molar-refractivity contribution in [2.75, 3.05) is 13.1 Å². The van der Waals surface area contributed by atoms with E-state index >= 15 is 0 Å². The summed E-state index contributed by atoms with van der Waals surface area (Å²) in [7, 11) is 0. The molecule has 0 bridgehead atoms. The Morgan fingerprint density at radius 3 is 2.22 bits per heavy atom. The van der Waals surface area contributed by atoms with Crippen molar-refractivity contribution in [3.63, 3.8) is 0 Å². The summed E-state index contributed by atoms with van der Waals surface area (Å²) in [5, 5.41) is 11.3. The topological polar surface area (TPSA) is 75.8 Å². The van der Waals surface area contributed by atoms with E-state index in [1.54, 1.807) is 4.90 Å².